The van der Waals surface area contributed by atoms with Gasteiger partial charge in [0.05, 0.1) is 0 Å². The molecular formula is C11H10INO2. The zero-order valence-electron chi connectivity index (χ0n) is 8.14. The molecule has 0 spiro atoms. The van der Waals surface area contributed by atoms with Crippen molar-refractivity contribution in [1.82, 2.24) is 0 Å². The molecule has 0 bridgehead atoms. The van der Waals surface area contributed by atoms with Gasteiger partial charge in [-0.2, -0.15) is 0 Å². The van der Waals surface area contributed by atoms with Crippen molar-refractivity contribution in [1.29, 1.82) is 0 Å². The maximum Gasteiger partial charge on any atom is 0.341 e. The van der Waals surface area contributed by atoms with E-state index in [1.807, 2.05) is 35.9 Å². The minimum Gasteiger partial charge on any atom is -1.00 e. The first-order valence-electron chi connectivity index (χ1n) is 4.30. The maximum atomic E-state index is 10.8. The maximum absolute atomic E-state index is 10.8. The molecule has 0 atom stereocenters. The minimum atomic E-state index is -0.897. The number of hydrogen-bond donors (Lipinski definition) is 1. The molecule has 0 aliphatic carbocycles. The van der Waals surface area contributed by atoms with E-state index in [1.54, 1.807) is 12.3 Å². The number of carbonyl (C=O) groups is 1. The smallest absolute Gasteiger partial charge is 0.341 e. The predicted octanol–water partition coefficient (Wildman–Crippen LogP) is -1.63. The number of nitrogens with zero attached hydrogens (tertiary/aromatic N) is 1. The van der Waals surface area contributed by atoms with Crippen molar-refractivity contribution < 1.29 is 38.4 Å². The largest absolute Gasteiger partial charge is 1.00 e. The van der Waals surface area contributed by atoms with Gasteiger partial charge in [-0.15, -0.1) is 0 Å². The molecule has 0 amide bonds. The summed E-state index contributed by atoms with van der Waals surface area (Å²) < 4.78 is 1.82. The highest BCUT2D eigenvalue weighted by Crippen LogP contribution is 2.10. The molecular weight excluding hydrogens is 305 g/mol. The second-order valence-electron chi connectivity index (χ2n) is 3.20. The number of para-hydroxylation sites is 1. The molecule has 1 aromatic heterocycles. The second kappa shape index (κ2) is 4.57. The number of rotatable bonds is 1. The van der Waals surface area contributed by atoms with E-state index in [-0.39, 0.29) is 24.0 Å². The van der Waals surface area contributed by atoms with Gasteiger partial charge < -0.3 is 29.1 Å². The number of pyridine rings is 1. The number of fused-ring (bicyclic) bond motifs is 1. The molecule has 3 nitrogen and oxygen atoms in total. The van der Waals surface area contributed by atoms with Crippen LogP contribution in [0.3, 0.4) is 0 Å². The minimum absolute atomic E-state index is 0. The van der Waals surface area contributed by atoms with Crippen LogP contribution >= 0.6 is 0 Å². The summed E-state index contributed by atoms with van der Waals surface area (Å²) in [5.41, 5.74) is 1.34. The van der Waals surface area contributed by atoms with E-state index in [1.165, 1.54) is 0 Å². The summed E-state index contributed by atoms with van der Waals surface area (Å²) in [5, 5.41) is 9.80. The zero-order valence-corrected chi connectivity index (χ0v) is 10.3. The van der Waals surface area contributed by atoms with Crippen LogP contribution in [0.4, 0.5) is 0 Å². The lowest BCUT2D eigenvalue weighted by Crippen LogP contribution is -3.00. The molecule has 0 saturated carbocycles. The van der Waals surface area contributed by atoms with Crippen LogP contribution < -0.4 is 28.5 Å². The SMILES string of the molecule is C[n+]1cc(C(=O)O)cc2ccccc21.[I-]. The van der Waals surface area contributed by atoms with E-state index in [0.717, 1.165) is 10.9 Å². The Kier molecular flexibility index (Phi) is 3.62. The van der Waals surface area contributed by atoms with E-state index in [2.05, 4.69) is 0 Å². The lowest BCUT2D eigenvalue weighted by Gasteiger charge is -1.97. The highest BCUT2D eigenvalue weighted by molar-refractivity contribution is 5.91. The van der Waals surface area contributed by atoms with Gasteiger partial charge in [0.1, 0.15) is 12.6 Å². The molecule has 0 radical (unpaired) electrons. The quantitative estimate of drug-likeness (QED) is 0.507. The van der Waals surface area contributed by atoms with Crippen LogP contribution in [0.1, 0.15) is 10.4 Å². The Hall–Kier alpha value is -1.17. The normalized spacial score (nSPS) is 9.67. The number of aromatic carboxylic acids is 1. The first kappa shape index (κ1) is 11.9. The third-order valence-electron chi connectivity index (χ3n) is 2.21. The molecule has 0 unspecified atom stereocenters. The third kappa shape index (κ3) is 2.26. The Labute approximate surface area is 104 Å². The summed E-state index contributed by atoms with van der Waals surface area (Å²) in [7, 11) is 1.84. The van der Waals surface area contributed by atoms with Crippen LogP contribution in [0.5, 0.6) is 0 Å². The summed E-state index contributed by atoms with van der Waals surface area (Å²) in [6.45, 7) is 0. The lowest BCUT2D eigenvalue weighted by molar-refractivity contribution is -0.645. The predicted molar refractivity (Wildman–Crippen MR) is 52.1 cm³/mol. The van der Waals surface area contributed by atoms with E-state index in [9.17, 15) is 4.79 Å². The number of aromatic nitrogens is 1. The highest BCUT2D eigenvalue weighted by Gasteiger charge is 2.11. The molecule has 2 rings (SSSR count). The number of halogens is 1. The van der Waals surface area contributed by atoms with Crippen LogP contribution in [0.25, 0.3) is 10.9 Å². The first-order chi connectivity index (χ1) is 6.68. The van der Waals surface area contributed by atoms with Gasteiger partial charge in [0.2, 0.25) is 5.52 Å². The lowest BCUT2D eigenvalue weighted by atomic mass is 10.1. The topological polar surface area (TPSA) is 41.2 Å². The summed E-state index contributed by atoms with van der Waals surface area (Å²) in [6, 6.07) is 9.37. The van der Waals surface area contributed by atoms with Gasteiger partial charge in [0.15, 0.2) is 6.20 Å². The van der Waals surface area contributed by atoms with E-state index in [0.29, 0.717) is 5.56 Å². The number of carboxylic acid groups (broad SMARTS) is 1. The van der Waals surface area contributed by atoms with Crippen LogP contribution in [-0.2, 0) is 7.05 Å². The number of carboxylic acids is 1. The van der Waals surface area contributed by atoms with Crippen molar-refractivity contribution in [3.8, 4) is 0 Å². The average molecular weight is 315 g/mol. The summed E-state index contributed by atoms with van der Waals surface area (Å²) in [5.74, 6) is -0.897. The highest BCUT2D eigenvalue weighted by atomic mass is 127. The molecule has 1 N–H and O–H groups in total. The molecule has 0 saturated heterocycles. The molecule has 0 aliphatic heterocycles. The molecule has 4 heteroatoms. The Morgan fingerprint density at radius 3 is 2.67 bits per heavy atom. The van der Waals surface area contributed by atoms with Crippen LogP contribution in [0.2, 0.25) is 0 Å². The van der Waals surface area contributed by atoms with Crippen LogP contribution in [0, 0.1) is 0 Å². The molecule has 1 aromatic carbocycles. The van der Waals surface area contributed by atoms with Gasteiger partial charge >= 0.3 is 5.97 Å². The fourth-order valence-electron chi connectivity index (χ4n) is 1.53. The first-order valence-corrected chi connectivity index (χ1v) is 4.30. The molecule has 0 fully saturated rings. The number of benzene rings is 1. The van der Waals surface area contributed by atoms with Crippen molar-refractivity contribution >= 4 is 16.9 Å². The van der Waals surface area contributed by atoms with Crippen LogP contribution in [0.15, 0.2) is 36.5 Å². The Balaban J connectivity index is 0.00000112. The van der Waals surface area contributed by atoms with Crippen molar-refractivity contribution in [2.45, 2.75) is 0 Å². The van der Waals surface area contributed by atoms with Crippen LogP contribution in [-0.4, -0.2) is 11.1 Å². The van der Waals surface area contributed by atoms with E-state index >= 15 is 0 Å². The van der Waals surface area contributed by atoms with Crippen molar-refractivity contribution in [2.75, 3.05) is 0 Å². The van der Waals surface area contributed by atoms with Crippen molar-refractivity contribution in [2.24, 2.45) is 7.05 Å². The summed E-state index contributed by atoms with van der Waals surface area (Å²) >= 11 is 0. The third-order valence-corrected chi connectivity index (χ3v) is 2.21. The fourth-order valence-corrected chi connectivity index (χ4v) is 1.53. The number of hydrogen-bond acceptors (Lipinski definition) is 1. The Morgan fingerprint density at radius 2 is 2.00 bits per heavy atom. The van der Waals surface area contributed by atoms with Crippen molar-refractivity contribution in [3.05, 3.63) is 42.1 Å². The van der Waals surface area contributed by atoms with Gasteiger partial charge in [-0.3, -0.25) is 0 Å². The van der Waals surface area contributed by atoms with Gasteiger partial charge in [0.25, 0.3) is 0 Å². The average Bonchev–Trinajstić information content (AvgIpc) is 2.17. The van der Waals surface area contributed by atoms with Gasteiger partial charge in [0, 0.05) is 11.5 Å². The standard InChI is InChI=1S/C11H9NO2.HI/c1-12-7-9(11(13)14)6-8-4-2-3-5-10(8)12;/h2-7H,1H3;1H. The molecule has 0 aliphatic rings. The monoisotopic (exact) mass is 315 g/mol. The second-order valence-corrected chi connectivity index (χ2v) is 3.20. The fraction of sp³-hybridized carbons (Fsp3) is 0.0909. The summed E-state index contributed by atoms with van der Waals surface area (Å²) in [6.07, 6.45) is 1.62. The molecule has 2 aromatic rings. The molecule has 78 valence electrons. The molecule has 1 heterocycles. The van der Waals surface area contributed by atoms with Crippen molar-refractivity contribution in [3.63, 3.8) is 0 Å². The van der Waals surface area contributed by atoms with E-state index < -0.39 is 5.97 Å². The molecule has 15 heavy (non-hydrogen) atoms. The van der Waals surface area contributed by atoms with Gasteiger partial charge in [-0.05, 0) is 12.1 Å². The van der Waals surface area contributed by atoms with Gasteiger partial charge in [-0.1, -0.05) is 12.1 Å². The van der Waals surface area contributed by atoms with Gasteiger partial charge in [-0.25, -0.2) is 9.36 Å². The summed E-state index contributed by atoms with van der Waals surface area (Å²) in [4.78, 5) is 10.8. The Morgan fingerprint density at radius 1 is 1.33 bits per heavy atom. The Bertz CT molecular complexity index is 511. The zero-order chi connectivity index (χ0) is 10.1. The van der Waals surface area contributed by atoms with E-state index in [4.69, 9.17) is 5.11 Å². The number of aryl methyl sites for hydroxylation is 1.